The minimum absolute atomic E-state index is 0.0550. The fraction of sp³-hybridized carbons (Fsp3) is 0.265. The van der Waals surface area contributed by atoms with E-state index < -0.39 is 0 Å². The van der Waals surface area contributed by atoms with Crippen molar-refractivity contribution in [1.82, 2.24) is 19.9 Å². The van der Waals surface area contributed by atoms with Crippen molar-refractivity contribution in [2.24, 2.45) is 0 Å². The van der Waals surface area contributed by atoms with E-state index in [-0.39, 0.29) is 5.91 Å². The fourth-order valence-corrected chi connectivity index (χ4v) is 5.39. The minimum atomic E-state index is 0.0550. The highest BCUT2D eigenvalue weighted by Crippen LogP contribution is 2.34. The van der Waals surface area contributed by atoms with Crippen molar-refractivity contribution in [3.05, 3.63) is 91.5 Å². The van der Waals surface area contributed by atoms with Crippen LogP contribution in [0.25, 0.3) is 33.3 Å². The minimum Gasteiger partial charge on any atom is -0.352 e. The largest absolute Gasteiger partial charge is 0.352 e. The lowest BCUT2D eigenvalue weighted by molar-refractivity contribution is -0.116. The van der Waals surface area contributed by atoms with Crippen LogP contribution in [-0.4, -0.2) is 52.0 Å². The van der Waals surface area contributed by atoms with Gasteiger partial charge in [0.2, 0.25) is 5.91 Å². The number of fused-ring (bicyclic) bond motifs is 1. The second-order valence-corrected chi connectivity index (χ2v) is 10.6. The third-order valence-corrected chi connectivity index (χ3v) is 7.73. The molecule has 6 rings (SSSR count). The number of piperazine rings is 1. The Morgan fingerprint density at radius 2 is 1.52 bits per heavy atom. The molecule has 1 N–H and O–H groups in total. The molecule has 1 amide bonds. The van der Waals surface area contributed by atoms with E-state index in [1.165, 1.54) is 0 Å². The summed E-state index contributed by atoms with van der Waals surface area (Å²) in [5, 5.41) is 3.16. The molecule has 0 spiro atoms. The van der Waals surface area contributed by atoms with Gasteiger partial charge < -0.3 is 15.1 Å². The lowest BCUT2D eigenvalue weighted by atomic mass is 9.97. The predicted molar refractivity (Wildman–Crippen MR) is 170 cm³/mol. The van der Waals surface area contributed by atoms with Crippen molar-refractivity contribution in [2.75, 3.05) is 41.3 Å². The third-order valence-electron chi connectivity index (χ3n) is 7.73. The first-order valence-electron chi connectivity index (χ1n) is 14.7. The second kappa shape index (κ2) is 12.8. The summed E-state index contributed by atoms with van der Waals surface area (Å²) < 4.78 is 0. The molecule has 1 aliphatic heterocycles. The zero-order chi connectivity index (χ0) is 28.7. The Morgan fingerprint density at radius 3 is 2.29 bits per heavy atom. The van der Waals surface area contributed by atoms with E-state index in [9.17, 15) is 4.79 Å². The van der Waals surface area contributed by atoms with Crippen molar-refractivity contribution in [3.8, 4) is 22.3 Å². The molecule has 1 saturated heterocycles. The predicted octanol–water partition coefficient (Wildman–Crippen LogP) is 6.60. The lowest BCUT2D eigenvalue weighted by Crippen LogP contribution is -2.47. The third kappa shape index (κ3) is 6.22. The molecule has 3 aromatic carbocycles. The first-order valence-corrected chi connectivity index (χ1v) is 14.7. The van der Waals surface area contributed by atoms with Crippen molar-refractivity contribution < 1.29 is 4.79 Å². The number of rotatable bonds is 9. The summed E-state index contributed by atoms with van der Waals surface area (Å²) in [7, 11) is 0. The Labute approximate surface area is 246 Å². The van der Waals surface area contributed by atoms with Gasteiger partial charge in [0.25, 0.3) is 0 Å². The monoisotopic (exact) mass is 557 g/mol. The second-order valence-electron chi connectivity index (χ2n) is 10.6. The zero-order valence-corrected chi connectivity index (χ0v) is 23.9. The smallest absolute Gasteiger partial charge is 0.224 e. The Balaban J connectivity index is 1.25. The van der Waals surface area contributed by atoms with Gasteiger partial charge in [-0.15, -0.1) is 0 Å². The number of hydrogen-bond donors (Lipinski definition) is 1. The Hall–Kier alpha value is -4.85. The number of anilines is 3. The molecular weight excluding hydrogens is 522 g/mol. The van der Waals surface area contributed by atoms with Gasteiger partial charge in [0.15, 0.2) is 0 Å². The van der Waals surface area contributed by atoms with Crippen LogP contribution in [-0.2, 0) is 4.79 Å². The summed E-state index contributed by atoms with van der Waals surface area (Å²) in [6.45, 7) is 5.52. The molecule has 8 nitrogen and oxygen atoms in total. The van der Waals surface area contributed by atoms with Crippen LogP contribution in [0.1, 0.15) is 32.6 Å². The summed E-state index contributed by atoms with van der Waals surface area (Å²) in [6.07, 6.45) is 10.7. The molecule has 3 heterocycles. The number of amides is 1. The number of nitrogens with zero attached hydrogens (tertiary/aromatic N) is 6. The topological polar surface area (TPSA) is 87.1 Å². The van der Waals surface area contributed by atoms with Gasteiger partial charge in [-0.2, -0.15) is 0 Å². The van der Waals surface area contributed by atoms with E-state index in [1.807, 2.05) is 42.7 Å². The molecule has 5 aromatic rings. The average molecular weight is 558 g/mol. The average Bonchev–Trinajstić information content (AvgIpc) is 3.05. The molecule has 1 fully saturated rings. The van der Waals surface area contributed by atoms with Crippen LogP contribution in [0.2, 0.25) is 0 Å². The molecule has 0 saturated carbocycles. The van der Waals surface area contributed by atoms with Crippen molar-refractivity contribution in [3.63, 3.8) is 0 Å². The number of benzene rings is 3. The summed E-state index contributed by atoms with van der Waals surface area (Å²) in [5.41, 5.74) is 6.72. The van der Waals surface area contributed by atoms with Gasteiger partial charge >= 0.3 is 0 Å². The molecule has 1 aliphatic rings. The molecule has 0 radical (unpaired) electrons. The van der Waals surface area contributed by atoms with Crippen LogP contribution < -0.4 is 15.1 Å². The Morgan fingerprint density at radius 1 is 0.762 bits per heavy atom. The van der Waals surface area contributed by atoms with Crippen molar-refractivity contribution in [1.29, 1.82) is 0 Å². The first-order chi connectivity index (χ1) is 20.7. The van der Waals surface area contributed by atoms with E-state index >= 15 is 0 Å². The Bertz CT molecular complexity index is 1650. The quantitative estimate of drug-likeness (QED) is 0.204. The van der Waals surface area contributed by atoms with E-state index in [0.717, 1.165) is 96.1 Å². The van der Waals surface area contributed by atoms with Gasteiger partial charge in [0.05, 0.1) is 23.4 Å². The van der Waals surface area contributed by atoms with E-state index in [2.05, 4.69) is 68.4 Å². The van der Waals surface area contributed by atoms with Crippen LogP contribution in [0.4, 0.5) is 17.3 Å². The molecule has 2 aromatic heterocycles. The molecule has 0 atom stereocenters. The fourth-order valence-electron chi connectivity index (χ4n) is 5.39. The van der Waals surface area contributed by atoms with Gasteiger partial charge in [0.1, 0.15) is 11.6 Å². The number of carbonyl (C=O) groups is 1. The normalized spacial score (nSPS) is 13.4. The number of nitrogens with one attached hydrogen (secondary N) is 1. The van der Waals surface area contributed by atoms with Gasteiger partial charge in [-0.25, -0.2) is 9.97 Å². The summed E-state index contributed by atoms with van der Waals surface area (Å²) in [4.78, 5) is 35.6. The summed E-state index contributed by atoms with van der Waals surface area (Å²) >= 11 is 0. The van der Waals surface area contributed by atoms with Crippen molar-refractivity contribution >= 4 is 34.3 Å². The van der Waals surface area contributed by atoms with Crippen LogP contribution in [0.15, 0.2) is 91.5 Å². The van der Waals surface area contributed by atoms with Crippen LogP contribution in [0, 0.1) is 0 Å². The maximum Gasteiger partial charge on any atom is 0.224 e. The summed E-state index contributed by atoms with van der Waals surface area (Å²) in [6, 6.07) is 22.7. The number of carbonyl (C=O) groups excluding carboxylic acids is 1. The number of aromatic nitrogens is 4. The maximum atomic E-state index is 12.7. The van der Waals surface area contributed by atoms with Gasteiger partial charge in [-0.3, -0.25) is 14.8 Å². The van der Waals surface area contributed by atoms with Gasteiger partial charge in [-0.1, -0.05) is 62.2 Å². The van der Waals surface area contributed by atoms with Gasteiger partial charge in [0, 0.05) is 56.2 Å². The molecule has 0 aliphatic carbocycles. The van der Waals surface area contributed by atoms with Gasteiger partial charge in [-0.05, 0) is 47.4 Å². The molecule has 0 unspecified atom stereocenters. The number of unbranched alkanes of at least 4 members (excludes halogenated alkanes) is 2. The van der Waals surface area contributed by atoms with Crippen molar-refractivity contribution in [2.45, 2.75) is 32.6 Å². The highest BCUT2D eigenvalue weighted by molar-refractivity contribution is 5.97. The van der Waals surface area contributed by atoms with Crippen LogP contribution >= 0.6 is 0 Å². The molecule has 42 heavy (non-hydrogen) atoms. The van der Waals surface area contributed by atoms with E-state index in [1.54, 1.807) is 12.4 Å². The zero-order valence-electron chi connectivity index (χ0n) is 23.9. The summed E-state index contributed by atoms with van der Waals surface area (Å²) in [5.74, 6) is 1.84. The highest BCUT2D eigenvalue weighted by Gasteiger charge is 2.20. The van der Waals surface area contributed by atoms with E-state index in [4.69, 9.17) is 9.97 Å². The van der Waals surface area contributed by atoms with Crippen LogP contribution in [0.3, 0.4) is 0 Å². The van der Waals surface area contributed by atoms with Crippen LogP contribution in [0.5, 0.6) is 0 Å². The maximum absolute atomic E-state index is 12.7. The molecule has 8 heteroatoms. The Kier molecular flexibility index (Phi) is 8.31. The molecule has 0 bridgehead atoms. The standard InChI is InChI=1S/C34H35N7O/c1-2-3-5-10-34(42)39-29-13-11-26(21-28(29)25-8-6-4-7-9-25)27-12-14-30-31(22-27)38-33(24-37-30)41-19-17-40(18-20-41)32-23-35-15-16-36-32/h4,6-9,11-16,21-24H,2-3,5,10,17-20H2,1H3,(H,39,42). The SMILES string of the molecule is CCCCCC(=O)Nc1ccc(-c2ccc3ncc(N4CCN(c5cnccn5)CC4)nc3c2)cc1-c1ccccc1. The first kappa shape index (κ1) is 27.3. The van der Waals surface area contributed by atoms with E-state index in [0.29, 0.717) is 6.42 Å². The lowest BCUT2D eigenvalue weighted by Gasteiger charge is -2.35. The number of hydrogen-bond acceptors (Lipinski definition) is 7. The molecule has 212 valence electrons. The molecular formula is C34H35N7O. The highest BCUT2D eigenvalue weighted by atomic mass is 16.1.